The molecule has 0 unspecified atom stereocenters. The molecular formula is C11H12F2N2O3S. The average Bonchev–Trinajstić information content (AvgIpc) is 2.30. The van der Waals surface area contributed by atoms with Crippen molar-refractivity contribution in [2.75, 3.05) is 11.9 Å². The number of hydrogen-bond donors (Lipinski definition) is 3. The van der Waals surface area contributed by atoms with Gasteiger partial charge in [-0.05, 0) is 12.1 Å². The molecule has 0 saturated carbocycles. The Labute approximate surface area is 112 Å². The quantitative estimate of drug-likeness (QED) is 0.704. The Morgan fingerprint density at radius 3 is 2.63 bits per heavy atom. The zero-order valence-corrected chi connectivity index (χ0v) is 10.5. The number of carboxylic acid groups (broad SMARTS) is 1. The van der Waals surface area contributed by atoms with Crippen LogP contribution in [0.15, 0.2) is 29.2 Å². The smallest absolute Gasteiger partial charge is 0.319 e. The van der Waals surface area contributed by atoms with Crippen LogP contribution in [0.3, 0.4) is 0 Å². The molecule has 0 fully saturated rings. The topological polar surface area (TPSA) is 78.4 Å². The lowest BCUT2D eigenvalue weighted by Gasteiger charge is -2.10. The van der Waals surface area contributed by atoms with Gasteiger partial charge in [0.25, 0.3) is 5.76 Å². The summed E-state index contributed by atoms with van der Waals surface area (Å²) in [5.74, 6) is -3.62. The number of carbonyl (C=O) groups excluding carboxylic acids is 1. The fraction of sp³-hybridized carbons (Fsp3) is 0.273. The zero-order chi connectivity index (χ0) is 14.3. The summed E-state index contributed by atoms with van der Waals surface area (Å²) in [6, 6.07) is 5.50. The lowest BCUT2D eigenvalue weighted by Crippen LogP contribution is -2.30. The highest BCUT2D eigenvalue weighted by atomic mass is 32.2. The molecule has 3 N–H and O–H groups in total. The van der Waals surface area contributed by atoms with Crippen molar-refractivity contribution in [2.45, 2.75) is 17.1 Å². The first-order valence-electron chi connectivity index (χ1n) is 5.29. The first kappa shape index (κ1) is 15.2. The van der Waals surface area contributed by atoms with Gasteiger partial charge in [0, 0.05) is 11.4 Å². The van der Waals surface area contributed by atoms with Crippen LogP contribution >= 0.6 is 11.8 Å². The largest absolute Gasteiger partial charge is 0.481 e. The van der Waals surface area contributed by atoms with Gasteiger partial charge in [0.1, 0.15) is 0 Å². The summed E-state index contributed by atoms with van der Waals surface area (Å²) in [5, 5.41) is 13.1. The Hall–Kier alpha value is -1.83. The molecule has 0 heterocycles. The van der Waals surface area contributed by atoms with E-state index in [1.807, 2.05) is 0 Å². The number of nitrogens with one attached hydrogen (secondary N) is 2. The van der Waals surface area contributed by atoms with Crippen LogP contribution in [0.25, 0.3) is 0 Å². The van der Waals surface area contributed by atoms with Gasteiger partial charge in [0.15, 0.2) is 0 Å². The number of hydrogen-bond acceptors (Lipinski definition) is 3. The molecule has 0 spiro atoms. The van der Waals surface area contributed by atoms with Gasteiger partial charge in [-0.3, -0.25) is 4.79 Å². The normalized spacial score (nSPS) is 10.3. The van der Waals surface area contributed by atoms with Crippen molar-refractivity contribution < 1.29 is 23.5 Å². The van der Waals surface area contributed by atoms with Gasteiger partial charge >= 0.3 is 12.0 Å². The van der Waals surface area contributed by atoms with E-state index in [2.05, 4.69) is 10.6 Å². The lowest BCUT2D eigenvalue weighted by atomic mass is 10.3. The molecule has 0 bridgehead atoms. The van der Waals surface area contributed by atoms with Crippen molar-refractivity contribution in [3.63, 3.8) is 0 Å². The maximum absolute atomic E-state index is 12.3. The second-order valence-electron chi connectivity index (χ2n) is 3.40. The highest BCUT2D eigenvalue weighted by molar-refractivity contribution is 7.99. The Morgan fingerprint density at radius 2 is 2.00 bits per heavy atom. The van der Waals surface area contributed by atoms with E-state index in [0.717, 1.165) is 0 Å². The predicted octanol–water partition coefficient (Wildman–Crippen LogP) is 2.60. The van der Waals surface area contributed by atoms with E-state index < -0.39 is 17.8 Å². The number of para-hydroxylation sites is 1. The maximum atomic E-state index is 12.3. The van der Waals surface area contributed by atoms with Crippen molar-refractivity contribution in [1.82, 2.24) is 5.32 Å². The lowest BCUT2D eigenvalue weighted by molar-refractivity contribution is -0.136. The molecule has 2 amide bonds. The molecule has 1 aromatic rings. The fourth-order valence-electron chi connectivity index (χ4n) is 1.22. The average molecular weight is 290 g/mol. The van der Waals surface area contributed by atoms with Crippen LogP contribution in [0, 0.1) is 0 Å². The SMILES string of the molecule is O=C(O)CCNC(=O)Nc1ccccc1SC(F)F. The van der Waals surface area contributed by atoms with Gasteiger partial charge in [0.2, 0.25) is 0 Å². The van der Waals surface area contributed by atoms with Crippen LogP contribution in [0.4, 0.5) is 19.3 Å². The minimum absolute atomic E-state index is 0.0364. The summed E-state index contributed by atoms with van der Waals surface area (Å²) in [5.41, 5.74) is 0.251. The second-order valence-corrected chi connectivity index (χ2v) is 4.43. The highest BCUT2D eigenvalue weighted by Gasteiger charge is 2.11. The van der Waals surface area contributed by atoms with Crippen LogP contribution in [-0.4, -0.2) is 29.4 Å². The number of alkyl halides is 2. The summed E-state index contributed by atoms with van der Waals surface area (Å²) < 4.78 is 24.6. The van der Waals surface area contributed by atoms with Crippen molar-refractivity contribution in [2.24, 2.45) is 0 Å². The molecule has 0 aliphatic heterocycles. The Morgan fingerprint density at radius 1 is 1.32 bits per heavy atom. The summed E-state index contributed by atoms with van der Waals surface area (Å²) in [6.45, 7) is -0.0364. The molecule has 0 aliphatic rings. The molecule has 0 radical (unpaired) electrons. The molecule has 0 saturated heterocycles. The van der Waals surface area contributed by atoms with Crippen molar-refractivity contribution in [3.8, 4) is 0 Å². The molecule has 19 heavy (non-hydrogen) atoms. The monoisotopic (exact) mass is 290 g/mol. The molecule has 1 aromatic carbocycles. The number of rotatable bonds is 6. The molecule has 104 valence electrons. The maximum Gasteiger partial charge on any atom is 0.319 e. The van der Waals surface area contributed by atoms with Crippen molar-refractivity contribution in [1.29, 1.82) is 0 Å². The van der Waals surface area contributed by atoms with Gasteiger partial charge in [0.05, 0.1) is 12.1 Å². The first-order valence-corrected chi connectivity index (χ1v) is 6.17. The van der Waals surface area contributed by atoms with E-state index >= 15 is 0 Å². The number of amides is 2. The third kappa shape index (κ3) is 6.05. The van der Waals surface area contributed by atoms with Crippen LogP contribution < -0.4 is 10.6 Å². The summed E-state index contributed by atoms with van der Waals surface area (Å²) in [4.78, 5) is 21.9. The first-order chi connectivity index (χ1) is 8.99. The Kier molecular flexibility index (Phi) is 6.07. The van der Waals surface area contributed by atoms with Crippen molar-refractivity contribution in [3.05, 3.63) is 24.3 Å². The molecule has 5 nitrogen and oxygen atoms in total. The number of carboxylic acids is 1. The number of halogens is 2. The van der Waals surface area contributed by atoms with Crippen LogP contribution in [0.1, 0.15) is 6.42 Å². The zero-order valence-electron chi connectivity index (χ0n) is 9.73. The Balaban J connectivity index is 2.56. The number of thioether (sulfide) groups is 1. The van der Waals surface area contributed by atoms with Crippen LogP contribution in [0.5, 0.6) is 0 Å². The second kappa shape index (κ2) is 7.57. The summed E-state index contributed by atoms with van der Waals surface area (Å²) >= 11 is 0.326. The van der Waals surface area contributed by atoms with E-state index in [-0.39, 0.29) is 23.5 Å². The van der Waals surface area contributed by atoms with Crippen molar-refractivity contribution >= 4 is 29.4 Å². The fourth-order valence-corrected chi connectivity index (χ4v) is 1.81. The molecule has 0 atom stereocenters. The third-order valence-electron chi connectivity index (χ3n) is 1.98. The van der Waals surface area contributed by atoms with Gasteiger partial charge in [-0.25, -0.2) is 4.79 Å². The van der Waals surface area contributed by atoms with E-state index in [9.17, 15) is 18.4 Å². The number of aliphatic carboxylic acids is 1. The number of carbonyl (C=O) groups is 2. The van der Waals surface area contributed by atoms with Crippen LogP contribution in [-0.2, 0) is 4.79 Å². The molecule has 0 aliphatic carbocycles. The standard InChI is InChI=1S/C11H12F2N2O3S/c12-10(13)19-8-4-2-1-3-7(8)15-11(18)14-6-5-9(16)17/h1-4,10H,5-6H2,(H,16,17)(H2,14,15,18). The predicted molar refractivity (Wildman–Crippen MR) is 67.6 cm³/mol. The van der Waals surface area contributed by atoms with E-state index in [4.69, 9.17) is 5.11 Å². The highest BCUT2D eigenvalue weighted by Crippen LogP contribution is 2.31. The van der Waals surface area contributed by atoms with Gasteiger partial charge in [-0.2, -0.15) is 8.78 Å². The van der Waals surface area contributed by atoms with E-state index in [1.165, 1.54) is 12.1 Å². The van der Waals surface area contributed by atoms with Gasteiger partial charge < -0.3 is 15.7 Å². The summed E-state index contributed by atoms with van der Waals surface area (Å²) in [6.07, 6.45) is -0.207. The van der Waals surface area contributed by atoms with E-state index in [1.54, 1.807) is 12.1 Å². The minimum Gasteiger partial charge on any atom is -0.481 e. The number of anilines is 1. The molecule has 1 rings (SSSR count). The molecular weight excluding hydrogens is 278 g/mol. The van der Waals surface area contributed by atoms with Gasteiger partial charge in [-0.1, -0.05) is 23.9 Å². The minimum atomic E-state index is -2.59. The van der Waals surface area contributed by atoms with Crippen LogP contribution in [0.2, 0.25) is 0 Å². The van der Waals surface area contributed by atoms with E-state index in [0.29, 0.717) is 11.8 Å². The number of benzene rings is 1. The van der Waals surface area contributed by atoms with Gasteiger partial charge in [-0.15, -0.1) is 0 Å². The number of urea groups is 1. The third-order valence-corrected chi connectivity index (χ3v) is 2.76. The summed E-state index contributed by atoms with van der Waals surface area (Å²) in [7, 11) is 0. The molecule has 8 heteroatoms. The Bertz CT molecular complexity index is 457. The molecule has 0 aromatic heterocycles.